The van der Waals surface area contributed by atoms with Crippen molar-refractivity contribution in [2.75, 3.05) is 0 Å². The van der Waals surface area contributed by atoms with E-state index in [2.05, 4.69) is 25.3 Å². The van der Waals surface area contributed by atoms with Crippen molar-refractivity contribution in [3.63, 3.8) is 0 Å². The van der Waals surface area contributed by atoms with Crippen LogP contribution in [0.25, 0.3) is 0 Å². The van der Waals surface area contributed by atoms with Gasteiger partial charge in [0, 0.05) is 16.8 Å². The highest BCUT2D eigenvalue weighted by Gasteiger charge is 2.21. The fraction of sp³-hybridized carbons (Fsp3) is 0.375. The van der Waals surface area contributed by atoms with Gasteiger partial charge in [-0.2, -0.15) is 5.21 Å². The van der Waals surface area contributed by atoms with Gasteiger partial charge in [0.1, 0.15) is 0 Å². The number of H-pyrrole nitrogens is 1. The molecule has 2 aromatic heterocycles. The van der Waals surface area contributed by atoms with Crippen LogP contribution in [0.5, 0.6) is 0 Å². The molecule has 0 saturated carbocycles. The monoisotopic (exact) mass is 288 g/mol. The lowest BCUT2D eigenvalue weighted by molar-refractivity contribution is 0.560. The summed E-state index contributed by atoms with van der Waals surface area (Å²) in [7, 11) is -3.59. The van der Waals surface area contributed by atoms with Gasteiger partial charge in [-0.1, -0.05) is 5.21 Å². The van der Waals surface area contributed by atoms with Crippen LogP contribution in [0.3, 0.4) is 0 Å². The van der Waals surface area contributed by atoms with Crippen LogP contribution in [0.1, 0.15) is 23.7 Å². The van der Waals surface area contributed by atoms with E-state index in [0.29, 0.717) is 6.54 Å². The number of thiophene rings is 1. The minimum absolute atomic E-state index is 0.197. The number of nitrogens with two attached hydrogens (primary N) is 1. The normalized spacial score (nSPS) is 13.7. The zero-order chi connectivity index (χ0) is 13.2. The summed E-state index contributed by atoms with van der Waals surface area (Å²) < 4.78 is 26.5. The highest BCUT2D eigenvalue weighted by molar-refractivity contribution is 7.89. The van der Waals surface area contributed by atoms with Crippen LogP contribution in [0, 0.1) is 0 Å². The standard InChI is InChI=1S/C8H12N6O2S2/c1-5(8-10-13-14-11-8)12-18(15,16)7-2-6(3-9)17-4-7/h2,4-5,12H,3,9H2,1H3,(H,10,11,13,14). The first kappa shape index (κ1) is 13.1. The van der Waals surface area contributed by atoms with Crippen molar-refractivity contribution >= 4 is 21.4 Å². The lowest BCUT2D eigenvalue weighted by Crippen LogP contribution is -2.27. The van der Waals surface area contributed by atoms with Crippen LogP contribution in [0.15, 0.2) is 16.3 Å². The molecule has 1 unspecified atom stereocenters. The number of sulfonamides is 1. The van der Waals surface area contributed by atoms with Gasteiger partial charge < -0.3 is 5.73 Å². The Balaban J connectivity index is 2.17. The van der Waals surface area contributed by atoms with Gasteiger partial charge >= 0.3 is 0 Å². The zero-order valence-corrected chi connectivity index (χ0v) is 11.1. The van der Waals surface area contributed by atoms with Gasteiger partial charge in [0.25, 0.3) is 0 Å². The highest BCUT2D eigenvalue weighted by atomic mass is 32.2. The summed E-state index contributed by atoms with van der Waals surface area (Å²) in [4.78, 5) is 1.01. The summed E-state index contributed by atoms with van der Waals surface area (Å²) in [6.07, 6.45) is 0. The van der Waals surface area contributed by atoms with Crippen molar-refractivity contribution in [1.29, 1.82) is 0 Å². The Morgan fingerprint density at radius 2 is 2.39 bits per heavy atom. The van der Waals surface area contributed by atoms with E-state index in [1.807, 2.05) is 0 Å². The molecule has 0 fully saturated rings. The summed E-state index contributed by atoms with van der Waals surface area (Å²) >= 11 is 1.31. The van der Waals surface area contributed by atoms with Gasteiger partial charge in [-0.25, -0.2) is 13.1 Å². The summed E-state index contributed by atoms with van der Waals surface area (Å²) in [5, 5.41) is 14.6. The largest absolute Gasteiger partial charge is 0.326 e. The molecule has 0 amide bonds. The third-order valence-corrected chi connectivity index (χ3v) is 4.85. The van der Waals surface area contributed by atoms with Crippen molar-refractivity contribution in [2.45, 2.75) is 24.4 Å². The number of tetrazole rings is 1. The fourth-order valence-corrected chi connectivity index (χ4v) is 3.67. The number of nitrogens with one attached hydrogen (secondary N) is 2. The van der Waals surface area contributed by atoms with E-state index >= 15 is 0 Å². The Kier molecular flexibility index (Phi) is 3.71. The highest BCUT2D eigenvalue weighted by Crippen LogP contribution is 2.20. The topological polar surface area (TPSA) is 127 Å². The van der Waals surface area contributed by atoms with Crippen molar-refractivity contribution < 1.29 is 8.42 Å². The maximum atomic E-state index is 12.0. The third kappa shape index (κ3) is 2.72. The van der Waals surface area contributed by atoms with E-state index in [0.717, 1.165) is 4.88 Å². The Morgan fingerprint density at radius 1 is 1.61 bits per heavy atom. The molecule has 0 aliphatic carbocycles. The van der Waals surface area contributed by atoms with Gasteiger partial charge in [-0.05, 0) is 13.0 Å². The molecule has 10 heteroatoms. The Bertz CT molecular complexity index is 605. The van der Waals surface area contributed by atoms with Crippen molar-refractivity contribution in [3.8, 4) is 0 Å². The number of rotatable bonds is 5. The number of aromatic nitrogens is 4. The third-order valence-electron chi connectivity index (χ3n) is 2.22. The van der Waals surface area contributed by atoms with Crippen LogP contribution >= 0.6 is 11.3 Å². The maximum absolute atomic E-state index is 12.0. The van der Waals surface area contributed by atoms with Crippen LogP contribution in [-0.4, -0.2) is 29.0 Å². The van der Waals surface area contributed by atoms with Crippen molar-refractivity contribution in [1.82, 2.24) is 25.3 Å². The average Bonchev–Trinajstić information content (AvgIpc) is 3.00. The second-order valence-electron chi connectivity index (χ2n) is 3.57. The molecule has 1 atom stereocenters. The maximum Gasteiger partial charge on any atom is 0.242 e. The Labute approximate surface area is 108 Å². The van der Waals surface area contributed by atoms with Crippen molar-refractivity contribution in [2.24, 2.45) is 5.73 Å². The van der Waals surface area contributed by atoms with Crippen LogP contribution in [0.2, 0.25) is 0 Å². The summed E-state index contributed by atoms with van der Waals surface area (Å²) in [6, 6.07) is 0.991. The quantitative estimate of drug-likeness (QED) is 0.697. The SMILES string of the molecule is CC(NS(=O)(=O)c1csc(CN)c1)c1nn[nH]n1. The smallest absolute Gasteiger partial charge is 0.242 e. The molecular formula is C8H12N6O2S2. The lowest BCUT2D eigenvalue weighted by atomic mass is 10.4. The van der Waals surface area contributed by atoms with Crippen LogP contribution < -0.4 is 10.5 Å². The second-order valence-corrected chi connectivity index (χ2v) is 6.28. The van der Waals surface area contributed by atoms with Gasteiger partial charge in [0.2, 0.25) is 10.0 Å². The predicted molar refractivity (Wildman–Crippen MR) is 65.1 cm³/mol. The van der Waals surface area contributed by atoms with E-state index < -0.39 is 16.1 Å². The first-order valence-corrected chi connectivity index (χ1v) is 7.42. The molecule has 0 bridgehead atoms. The second kappa shape index (κ2) is 5.10. The minimum Gasteiger partial charge on any atom is -0.326 e. The molecule has 98 valence electrons. The molecule has 0 saturated heterocycles. The molecule has 0 radical (unpaired) electrons. The fourth-order valence-electron chi connectivity index (χ4n) is 1.31. The van der Waals surface area contributed by atoms with Gasteiger partial charge in [-0.15, -0.1) is 21.5 Å². The molecule has 2 aromatic rings. The molecular weight excluding hydrogens is 276 g/mol. The minimum atomic E-state index is -3.59. The van der Waals surface area contributed by atoms with E-state index in [1.54, 1.807) is 18.4 Å². The molecule has 2 rings (SSSR count). The predicted octanol–water partition coefficient (Wildman–Crippen LogP) is -0.241. The molecule has 2 heterocycles. The number of hydrogen-bond acceptors (Lipinski definition) is 7. The lowest BCUT2D eigenvalue weighted by Gasteiger charge is -2.09. The van der Waals surface area contributed by atoms with Crippen LogP contribution in [0.4, 0.5) is 0 Å². The molecule has 0 spiro atoms. The number of nitrogens with zero attached hydrogens (tertiary/aromatic N) is 3. The number of aromatic amines is 1. The molecule has 0 aliphatic rings. The van der Waals surface area contributed by atoms with E-state index in [4.69, 9.17) is 5.73 Å². The molecule has 4 N–H and O–H groups in total. The first-order valence-electron chi connectivity index (χ1n) is 5.06. The van der Waals surface area contributed by atoms with E-state index in [-0.39, 0.29) is 10.7 Å². The molecule has 8 nitrogen and oxygen atoms in total. The number of hydrogen-bond donors (Lipinski definition) is 3. The van der Waals surface area contributed by atoms with E-state index in [9.17, 15) is 8.42 Å². The summed E-state index contributed by atoms with van der Waals surface area (Å²) in [6.45, 7) is 1.96. The van der Waals surface area contributed by atoms with E-state index in [1.165, 1.54) is 11.3 Å². The molecule has 0 aliphatic heterocycles. The van der Waals surface area contributed by atoms with Gasteiger partial charge in [0.15, 0.2) is 5.82 Å². The van der Waals surface area contributed by atoms with Crippen LogP contribution in [-0.2, 0) is 16.6 Å². The first-order chi connectivity index (χ1) is 8.53. The molecule has 0 aromatic carbocycles. The average molecular weight is 288 g/mol. The zero-order valence-electron chi connectivity index (χ0n) is 9.49. The van der Waals surface area contributed by atoms with Gasteiger partial charge in [-0.3, -0.25) is 0 Å². The summed E-state index contributed by atoms with van der Waals surface area (Å²) in [5.74, 6) is 0.285. The molecule has 18 heavy (non-hydrogen) atoms. The Morgan fingerprint density at radius 3 is 2.94 bits per heavy atom. The summed E-state index contributed by atoms with van der Waals surface area (Å²) in [5.41, 5.74) is 5.45. The van der Waals surface area contributed by atoms with Crippen molar-refractivity contribution in [3.05, 3.63) is 22.1 Å². The van der Waals surface area contributed by atoms with Gasteiger partial charge in [0.05, 0.1) is 10.9 Å². The Hall–Kier alpha value is -1.36.